The maximum atomic E-state index is 2.66. The molecule has 5 heteroatoms. The SMILES string of the molecule is CC(C)C1C=CP(C)[PH](C)(C)P(C)P(C)PC1. The molecule has 0 aromatic heterocycles. The van der Waals surface area contributed by atoms with Crippen molar-refractivity contribution in [3.63, 3.8) is 0 Å². The fourth-order valence-corrected chi connectivity index (χ4v) is 44.5. The Labute approximate surface area is 114 Å². The molecule has 1 rings (SSSR count). The van der Waals surface area contributed by atoms with E-state index in [1.807, 2.05) is 0 Å². The summed E-state index contributed by atoms with van der Waals surface area (Å²) in [4.78, 5) is 0. The molecule has 1 heterocycles. The van der Waals surface area contributed by atoms with Crippen LogP contribution in [0, 0.1) is 11.8 Å². The zero-order valence-electron chi connectivity index (χ0n) is 12.4. The first-order valence-corrected chi connectivity index (χ1v) is 19.3. The zero-order chi connectivity index (χ0) is 13.2. The van der Waals surface area contributed by atoms with Gasteiger partial charge in [-0.15, -0.1) is 0 Å². The standard InChI is InChI=1S/C12H29P5/c1-11(2)12-8-9-14(3)17(6,7)16(5)15(4)13-10-12/h8-9,11-13,17H,10H2,1-7H3. The van der Waals surface area contributed by atoms with Crippen molar-refractivity contribution in [2.24, 2.45) is 11.8 Å². The predicted octanol–water partition coefficient (Wildman–Crippen LogP) is 6.47. The average Bonchev–Trinajstić information content (AvgIpc) is 2.28. The van der Waals surface area contributed by atoms with E-state index in [9.17, 15) is 0 Å². The topological polar surface area (TPSA) is 0 Å². The second-order valence-corrected chi connectivity index (χ2v) is 33.8. The van der Waals surface area contributed by atoms with Crippen LogP contribution >= 0.6 is 37.1 Å². The van der Waals surface area contributed by atoms with Gasteiger partial charge < -0.3 is 0 Å². The molecule has 0 N–H and O–H groups in total. The van der Waals surface area contributed by atoms with Crippen molar-refractivity contribution in [1.82, 2.24) is 0 Å². The maximum absolute atomic E-state index is 2.66. The van der Waals surface area contributed by atoms with Gasteiger partial charge in [-0.3, -0.25) is 0 Å². The molecule has 1 aliphatic rings. The van der Waals surface area contributed by atoms with Crippen molar-refractivity contribution in [3.05, 3.63) is 11.9 Å². The summed E-state index contributed by atoms with van der Waals surface area (Å²) < 4.78 is 0. The molecule has 0 aromatic rings. The van der Waals surface area contributed by atoms with Crippen molar-refractivity contribution in [3.8, 4) is 0 Å². The molecule has 0 aromatic carbocycles. The van der Waals surface area contributed by atoms with Crippen LogP contribution in [0.4, 0.5) is 0 Å². The summed E-state index contributed by atoms with van der Waals surface area (Å²) in [5.41, 5.74) is 0. The van der Waals surface area contributed by atoms with Gasteiger partial charge >= 0.3 is 114 Å². The van der Waals surface area contributed by atoms with Gasteiger partial charge in [0, 0.05) is 0 Å². The van der Waals surface area contributed by atoms with Crippen LogP contribution in [-0.4, -0.2) is 39.5 Å². The van der Waals surface area contributed by atoms with Crippen molar-refractivity contribution >= 4 is 37.1 Å². The van der Waals surface area contributed by atoms with Gasteiger partial charge in [-0.1, -0.05) is 0 Å². The van der Waals surface area contributed by atoms with Gasteiger partial charge in [-0.25, -0.2) is 0 Å². The van der Waals surface area contributed by atoms with Crippen molar-refractivity contribution in [2.45, 2.75) is 13.8 Å². The molecule has 0 aliphatic carbocycles. The van der Waals surface area contributed by atoms with Crippen LogP contribution in [0.5, 0.6) is 0 Å². The van der Waals surface area contributed by atoms with Crippen LogP contribution in [0.25, 0.3) is 0 Å². The molecule has 0 saturated carbocycles. The molecular weight excluding hydrogens is 299 g/mol. The van der Waals surface area contributed by atoms with E-state index >= 15 is 0 Å². The van der Waals surface area contributed by atoms with E-state index in [1.54, 1.807) is 0 Å². The third-order valence-corrected chi connectivity index (χ3v) is 44.9. The van der Waals surface area contributed by atoms with Gasteiger partial charge in [0.25, 0.3) is 0 Å². The quantitative estimate of drug-likeness (QED) is 0.484. The van der Waals surface area contributed by atoms with E-state index in [-0.39, 0.29) is 7.61 Å². The fraction of sp³-hybridized carbons (Fsp3) is 0.833. The summed E-state index contributed by atoms with van der Waals surface area (Å²) >= 11 is 0. The third-order valence-electron chi connectivity index (χ3n) is 4.07. The van der Waals surface area contributed by atoms with Gasteiger partial charge in [0.1, 0.15) is 0 Å². The van der Waals surface area contributed by atoms with Gasteiger partial charge in [-0.05, 0) is 0 Å². The number of hydrogen-bond acceptors (Lipinski definition) is 0. The Kier molecular flexibility index (Phi) is 7.03. The molecule has 0 spiro atoms. The Morgan fingerprint density at radius 1 is 1.24 bits per heavy atom. The minimum atomic E-state index is -0.961. The van der Waals surface area contributed by atoms with Crippen LogP contribution in [0.3, 0.4) is 0 Å². The Bertz CT molecular complexity index is 274. The second kappa shape index (κ2) is 7.06. The van der Waals surface area contributed by atoms with Crippen molar-refractivity contribution in [2.75, 3.05) is 39.5 Å². The zero-order valence-corrected chi connectivity index (χ0v) is 17.0. The molecule has 1 aliphatic heterocycles. The van der Waals surface area contributed by atoms with Crippen molar-refractivity contribution in [1.29, 1.82) is 0 Å². The summed E-state index contributed by atoms with van der Waals surface area (Å²) in [5.74, 6) is 4.33. The van der Waals surface area contributed by atoms with E-state index in [0.717, 1.165) is 11.8 Å². The molecule has 5 atom stereocenters. The normalized spacial score (nSPS) is 41.9. The summed E-state index contributed by atoms with van der Waals surface area (Å²) in [6.45, 7) is 16.9. The number of rotatable bonds is 1. The average molecular weight is 328 g/mol. The van der Waals surface area contributed by atoms with Crippen LogP contribution in [0.1, 0.15) is 13.8 Å². The number of hydrogen-bond donors (Lipinski definition) is 0. The number of allylic oxidation sites excluding steroid dienone is 1. The molecular formula is C12H29P5. The third kappa shape index (κ3) is 4.44. The second-order valence-electron chi connectivity index (χ2n) is 5.76. The van der Waals surface area contributed by atoms with Gasteiger partial charge in [0.2, 0.25) is 0 Å². The van der Waals surface area contributed by atoms with Crippen LogP contribution in [0.2, 0.25) is 0 Å². The molecule has 0 nitrogen and oxygen atoms in total. The molecule has 0 bridgehead atoms. The van der Waals surface area contributed by atoms with E-state index in [1.165, 1.54) is 14.4 Å². The summed E-state index contributed by atoms with van der Waals surface area (Å²) in [5, 5.41) is 0. The first kappa shape index (κ1) is 16.9. The molecule has 0 saturated heterocycles. The Morgan fingerprint density at radius 2 is 1.82 bits per heavy atom. The minimum absolute atomic E-state index is 0.195. The molecule has 0 fully saturated rings. The molecule has 5 unspecified atom stereocenters. The molecule has 102 valence electrons. The fourth-order valence-electron chi connectivity index (χ4n) is 1.89. The molecule has 0 radical (unpaired) electrons. The summed E-state index contributed by atoms with van der Waals surface area (Å²) in [7, 11) is 2.16. The van der Waals surface area contributed by atoms with E-state index in [2.05, 4.69) is 59.1 Å². The van der Waals surface area contributed by atoms with Gasteiger partial charge in [-0.2, -0.15) is 0 Å². The summed E-state index contributed by atoms with van der Waals surface area (Å²) in [6, 6.07) is 0. The molecule has 17 heavy (non-hydrogen) atoms. The first-order chi connectivity index (χ1) is 7.76. The molecule has 0 amide bonds. The van der Waals surface area contributed by atoms with Gasteiger partial charge in [0.05, 0.1) is 0 Å². The Balaban J connectivity index is 2.94. The summed E-state index contributed by atoms with van der Waals surface area (Å²) in [6.07, 6.45) is 4.06. The monoisotopic (exact) mass is 328 g/mol. The Hall–Kier alpha value is 1.89. The van der Waals surface area contributed by atoms with Gasteiger partial charge in [0.15, 0.2) is 0 Å². The van der Waals surface area contributed by atoms with Crippen molar-refractivity contribution < 1.29 is 0 Å². The van der Waals surface area contributed by atoms with Crippen LogP contribution in [-0.2, 0) is 0 Å². The van der Waals surface area contributed by atoms with E-state index < -0.39 is 6.64 Å². The van der Waals surface area contributed by atoms with Crippen LogP contribution in [0.15, 0.2) is 11.9 Å². The van der Waals surface area contributed by atoms with E-state index in [0.29, 0.717) is 14.6 Å². The predicted molar refractivity (Wildman–Crippen MR) is 99.3 cm³/mol. The van der Waals surface area contributed by atoms with Crippen LogP contribution < -0.4 is 0 Å². The van der Waals surface area contributed by atoms with E-state index in [4.69, 9.17) is 0 Å². The first-order valence-electron chi connectivity index (χ1n) is 6.39. The Morgan fingerprint density at radius 3 is 2.35 bits per heavy atom.